The molecular formula is C12H13N3O3. The number of aryl methyl sites for hydroxylation is 1. The lowest BCUT2D eigenvalue weighted by Gasteiger charge is -2.11. The van der Waals surface area contributed by atoms with Crippen molar-refractivity contribution in [3.8, 4) is 0 Å². The van der Waals surface area contributed by atoms with E-state index in [4.69, 9.17) is 4.42 Å². The zero-order valence-corrected chi connectivity index (χ0v) is 10.1. The van der Waals surface area contributed by atoms with Crippen LogP contribution in [0.15, 0.2) is 35.1 Å². The van der Waals surface area contributed by atoms with E-state index in [0.29, 0.717) is 11.4 Å². The first-order chi connectivity index (χ1) is 8.58. The molecule has 6 heteroatoms. The highest BCUT2D eigenvalue weighted by Gasteiger charge is 2.14. The number of nitrogens with zero attached hydrogens (tertiary/aromatic N) is 2. The van der Waals surface area contributed by atoms with E-state index in [9.17, 15) is 10.1 Å². The average Bonchev–Trinajstić information content (AvgIpc) is 2.85. The van der Waals surface area contributed by atoms with Crippen LogP contribution in [-0.4, -0.2) is 9.91 Å². The first kappa shape index (κ1) is 12.1. The number of nitro groups is 1. The van der Waals surface area contributed by atoms with Crippen LogP contribution in [0, 0.1) is 17.0 Å². The molecule has 18 heavy (non-hydrogen) atoms. The third-order valence-electron chi connectivity index (χ3n) is 2.61. The predicted octanol–water partition coefficient (Wildman–Crippen LogP) is 3.06. The first-order valence-electron chi connectivity index (χ1n) is 5.49. The lowest BCUT2D eigenvalue weighted by molar-refractivity contribution is -0.385. The van der Waals surface area contributed by atoms with E-state index in [1.54, 1.807) is 19.3 Å². The Labute approximate surface area is 104 Å². The molecule has 2 rings (SSSR count). The lowest BCUT2D eigenvalue weighted by Crippen LogP contribution is -2.07. The Balaban J connectivity index is 2.20. The molecule has 1 unspecified atom stereocenters. The van der Waals surface area contributed by atoms with Crippen LogP contribution in [-0.2, 0) is 0 Å². The smallest absolute Gasteiger partial charge is 0.277 e. The second-order valence-electron chi connectivity index (χ2n) is 3.99. The third-order valence-corrected chi connectivity index (χ3v) is 2.61. The summed E-state index contributed by atoms with van der Waals surface area (Å²) in [4.78, 5) is 14.5. The number of anilines is 1. The van der Waals surface area contributed by atoms with E-state index in [1.165, 1.54) is 12.3 Å². The molecule has 1 atom stereocenters. The Kier molecular flexibility index (Phi) is 3.27. The Morgan fingerprint density at radius 2 is 2.33 bits per heavy atom. The molecule has 0 aliphatic heterocycles. The van der Waals surface area contributed by atoms with Crippen molar-refractivity contribution in [2.24, 2.45) is 0 Å². The summed E-state index contributed by atoms with van der Waals surface area (Å²) >= 11 is 0. The zero-order chi connectivity index (χ0) is 13.1. The topological polar surface area (TPSA) is 81.2 Å². The molecule has 0 aliphatic carbocycles. The van der Waals surface area contributed by atoms with Gasteiger partial charge in [-0.15, -0.1) is 0 Å². The summed E-state index contributed by atoms with van der Waals surface area (Å²) in [5, 5.41) is 13.9. The molecule has 0 fully saturated rings. The van der Waals surface area contributed by atoms with Crippen LogP contribution in [0.25, 0.3) is 0 Å². The summed E-state index contributed by atoms with van der Waals surface area (Å²) in [5.41, 5.74) is 0.593. The summed E-state index contributed by atoms with van der Waals surface area (Å²) in [5.74, 6) is 1.20. The Hall–Kier alpha value is -2.37. The number of pyridine rings is 1. The molecule has 0 saturated carbocycles. The highest BCUT2D eigenvalue weighted by atomic mass is 16.6. The monoisotopic (exact) mass is 247 g/mol. The van der Waals surface area contributed by atoms with Crippen molar-refractivity contribution >= 4 is 11.5 Å². The van der Waals surface area contributed by atoms with Gasteiger partial charge in [0.1, 0.15) is 11.6 Å². The Bertz CT molecular complexity index is 552. The molecular weight excluding hydrogens is 234 g/mol. The fourth-order valence-electron chi connectivity index (χ4n) is 1.62. The number of furan rings is 1. The molecule has 0 bridgehead atoms. The summed E-state index contributed by atoms with van der Waals surface area (Å²) in [6.07, 6.45) is 3.06. The van der Waals surface area contributed by atoms with Crippen molar-refractivity contribution in [2.75, 3.05) is 5.32 Å². The normalized spacial score (nSPS) is 12.1. The molecule has 0 aromatic carbocycles. The van der Waals surface area contributed by atoms with E-state index in [0.717, 1.165) is 5.76 Å². The molecule has 2 aromatic heterocycles. The van der Waals surface area contributed by atoms with Crippen LogP contribution in [0.2, 0.25) is 0 Å². The van der Waals surface area contributed by atoms with Crippen LogP contribution < -0.4 is 5.32 Å². The van der Waals surface area contributed by atoms with Crippen LogP contribution in [0.5, 0.6) is 0 Å². The lowest BCUT2D eigenvalue weighted by atomic mass is 10.2. The van der Waals surface area contributed by atoms with Gasteiger partial charge in [-0.1, -0.05) is 0 Å². The standard InChI is InChI=1S/C12H13N3O3/c1-8-7-13-12(6-10(8)15(16)17)14-9(2)11-4-3-5-18-11/h3-7,9H,1-2H3,(H,13,14). The quantitative estimate of drug-likeness (QED) is 0.663. The summed E-state index contributed by atoms with van der Waals surface area (Å²) in [7, 11) is 0. The highest BCUT2D eigenvalue weighted by molar-refractivity contribution is 5.49. The molecule has 6 nitrogen and oxygen atoms in total. The predicted molar refractivity (Wildman–Crippen MR) is 66.4 cm³/mol. The van der Waals surface area contributed by atoms with Crippen molar-refractivity contribution in [1.29, 1.82) is 0 Å². The van der Waals surface area contributed by atoms with Gasteiger partial charge in [-0.25, -0.2) is 4.98 Å². The van der Waals surface area contributed by atoms with Gasteiger partial charge in [0.15, 0.2) is 0 Å². The van der Waals surface area contributed by atoms with E-state index in [-0.39, 0.29) is 11.7 Å². The summed E-state index contributed by atoms with van der Waals surface area (Å²) < 4.78 is 5.24. The van der Waals surface area contributed by atoms with Crippen molar-refractivity contribution < 1.29 is 9.34 Å². The largest absolute Gasteiger partial charge is 0.467 e. The van der Waals surface area contributed by atoms with Crippen molar-refractivity contribution in [1.82, 2.24) is 4.98 Å². The van der Waals surface area contributed by atoms with Crippen LogP contribution in [0.3, 0.4) is 0 Å². The van der Waals surface area contributed by atoms with Crippen LogP contribution in [0.1, 0.15) is 24.3 Å². The van der Waals surface area contributed by atoms with Gasteiger partial charge in [0.25, 0.3) is 5.69 Å². The number of nitrogens with one attached hydrogen (secondary N) is 1. The third kappa shape index (κ3) is 2.48. The van der Waals surface area contributed by atoms with Crippen molar-refractivity contribution in [3.63, 3.8) is 0 Å². The van der Waals surface area contributed by atoms with Gasteiger partial charge >= 0.3 is 0 Å². The minimum atomic E-state index is -0.417. The second-order valence-corrected chi connectivity index (χ2v) is 3.99. The maximum absolute atomic E-state index is 10.8. The average molecular weight is 247 g/mol. The molecule has 0 saturated heterocycles. The fraction of sp³-hybridized carbons (Fsp3) is 0.250. The molecule has 0 aliphatic rings. The molecule has 2 heterocycles. The maximum atomic E-state index is 10.8. The Morgan fingerprint density at radius 1 is 1.56 bits per heavy atom. The second kappa shape index (κ2) is 4.87. The number of hydrogen-bond donors (Lipinski definition) is 1. The molecule has 0 spiro atoms. The van der Waals surface area contributed by atoms with Gasteiger partial charge < -0.3 is 9.73 Å². The summed E-state index contributed by atoms with van der Waals surface area (Å²) in [6.45, 7) is 3.55. The fourth-order valence-corrected chi connectivity index (χ4v) is 1.62. The molecule has 94 valence electrons. The number of rotatable bonds is 4. The van der Waals surface area contributed by atoms with Gasteiger partial charge in [0.05, 0.1) is 23.3 Å². The van der Waals surface area contributed by atoms with E-state index in [1.807, 2.05) is 13.0 Å². The zero-order valence-electron chi connectivity index (χ0n) is 10.1. The molecule has 0 amide bonds. The van der Waals surface area contributed by atoms with E-state index < -0.39 is 4.92 Å². The van der Waals surface area contributed by atoms with Crippen molar-refractivity contribution in [2.45, 2.75) is 19.9 Å². The number of hydrogen-bond acceptors (Lipinski definition) is 5. The molecule has 2 aromatic rings. The van der Waals surface area contributed by atoms with Gasteiger partial charge in [-0.2, -0.15) is 0 Å². The SMILES string of the molecule is Cc1cnc(NC(C)c2ccco2)cc1[N+](=O)[O-]. The van der Waals surface area contributed by atoms with Gasteiger partial charge in [-0.3, -0.25) is 10.1 Å². The summed E-state index contributed by atoms with van der Waals surface area (Å²) in [6, 6.07) is 4.95. The van der Waals surface area contributed by atoms with Gasteiger partial charge in [-0.05, 0) is 26.0 Å². The number of aromatic nitrogens is 1. The maximum Gasteiger partial charge on any atom is 0.277 e. The minimum Gasteiger partial charge on any atom is -0.467 e. The van der Waals surface area contributed by atoms with E-state index in [2.05, 4.69) is 10.3 Å². The van der Waals surface area contributed by atoms with Crippen LogP contribution >= 0.6 is 0 Å². The Morgan fingerprint density at radius 3 is 2.94 bits per heavy atom. The first-order valence-corrected chi connectivity index (χ1v) is 5.49. The van der Waals surface area contributed by atoms with Gasteiger partial charge in [0, 0.05) is 11.8 Å². The highest BCUT2D eigenvalue weighted by Crippen LogP contribution is 2.23. The minimum absolute atomic E-state index is 0.0548. The van der Waals surface area contributed by atoms with Crippen LogP contribution in [0.4, 0.5) is 11.5 Å². The van der Waals surface area contributed by atoms with Gasteiger partial charge in [0.2, 0.25) is 0 Å². The molecule has 0 radical (unpaired) electrons. The molecule has 1 N–H and O–H groups in total. The van der Waals surface area contributed by atoms with Crippen molar-refractivity contribution in [3.05, 3.63) is 52.1 Å². The van der Waals surface area contributed by atoms with E-state index >= 15 is 0 Å².